The fourth-order valence-electron chi connectivity index (χ4n) is 3.63. The highest BCUT2D eigenvalue weighted by Crippen LogP contribution is 2.34. The number of thiophene rings is 1. The van der Waals surface area contributed by atoms with E-state index >= 15 is 0 Å². The van der Waals surface area contributed by atoms with Crippen LogP contribution in [0, 0.1) is 5.92 Å². The highest BCUT2D eigenvalue weighted by Gasteiger charge is 2.43. The third-order valence-corrected chi connectivity index (χ3v) is 5.97. The topological polar surface area (TPSA) is 66.4 Å². The summed E-state index contributed by atoms with van der Waals surface area (Å²) in [6.45, 7) is 2.06. The van der Waals surface area contributed by atoms with Crippen LogP contribution in [0.5, 0.6) is 0 Å². The minimum Gasteiger partial charge on any atom is -0.480 e. The molecule has 1 heterocycles. The number of nitrogens with one attached hydrogen (secondary N) is 1. The zero-order valence-electron chi connectivity index (χ0n) is 12.3. The first-order valence-electron chi connectivity index (χ1n) is 7.68. The van der Waals surface area contributed by atoms with Crippen LogP contribution in [0.3, 0.4) is 0 Å². The van der Waals surface area contributed by atoms with Crippen molar-refractivity contribution in [3.05, 3.63) is 21.4 Å². The molecule has 4 nitrogen and oxygen atoms in total. The summed E-state index contributed by atoms with van der Waals surface area (Å²) in [7, 11) is 0. The smallest absolute Gasteiger partial charge is 0.329 e. The SMILES string of the molecule is CC1CCCC(NC(=O)c2cc3c(s2)CCC3)(C(=O)O)C1. The number of aryl methyl sites for hydroxylation is 2. The second-order valence-corrected chi connectivity index (χ2v) is 7.59. The fourth-order valence-corrected chi connectivity index (χ4v) is 4.78. The number of hydrogen-bond acceptors (Lipinski definition) is 3. The van der Waals surface area contributed by atoms with Crippen molar-refractivity contribution in [1.82, 2.24) is 5.32 Å². The van der Waals surface area contributed by atoms with Gasteiger partial charge in [0.1, 0.15) is 5.54 Å². The quantitative estimate of drug-likeness (QED) is 0.902. The summed E-state index contributed by atoms with van der Waals surface area (Å²) >= 11 is 1.52. The number of carboxylic acids is 1. The number of carbonyl (C=O) groups excluding carboxylic acids is 1. The molecule has 2 unspecified atom stereocenters. The van der Waals surface area contributed by atoms with Crippen molar-refractivity contribution in [1.29, 1.82) is 0 Å². The van der Waals surface area contributed by atoms with Gasteiger partial charge in [-0.3, -0.25) is 4.79 Å². The Balaban J connectivity index is 1.79. The third kappa shape index (κ3) is 2.71. The van der Waals surface area contributed by atoms with Gasteiger partial charge in [0.15, 0.2) is 0 Å². The molecule has 5 heteroatoms. The number of carboxylic acid groups (broad SMARTS) is 1. The van der Waals surface area contributed by atoms with Gasteiger partial charge in [-0.2, -0.15) is 0 Å². The Morgan fingerprint density at radius 2 is 2.19 bits per heavy atom. The lowest BCUT2D eigenvalue weighted by Gasteiger charge is -2.36. The Hall–Kier alpha value is -1.36. The van der Waals surface area contributed by atoms with E-state index in [1.165, 1.54) is 28.2 Å². The average molecular weight is 307 g/mol. The number of amides is 1. The average Bonchev–Trinajstić information content (AvgIpc) is 2.98. The number of hydrogen-bond donors (Lipinski definition) is 2. The predicted octanol–water partition coefficient (Wildman–Crippen LogP) is 3.00. The molecule has 3 rings (SSSR count). The maximum atomic E-state index is 12.5. The van der Waals surface area contributed by atoms with E-state index in [0.717, 1.165) is 25.7 Å². The van der Waals surface area contributed by atoms with Gasteiger partial charge in [-0.15, -0.1) is 11.3 Å². The molecule has 0 spiro atoms. The summed E-state index contributed by atoms with van der Waals surface area (Å²) < 4.78 is 0. The fraction of sp³-hybridized carbons (Fsp3) is 0.625. The highest BCUT2D eigenvalue weighted by molar-refractivity contribution is 7.14. The van der Waals surface area contributed by atoms with Crippen molar-refractivity contribution >= 4 is 23.2 Å². The van der Waals surface area contributed by atoms with Crippen molar-refractivity contribution in [2.75, 3.05) is 0 Å². The summed E-state index contributed by atoms with van der Waals surface area (Å²) in [6.07, 6.45) is 6.21. The second kappa shape index (κ2) is 5.44. The van der Waals surface area contributed by atoms with Gasteiger partial charge in [0.05, 0.1) is 4.88 Å². The van der Waals surface area contributed by atoms with Gasteiger partial charge in [-0.1, -0.05) is 19.8 Å². The van der Waals surface area contributed by atoms with E-state index in [4.69, 9.17) is 0 Å². The van der Waals surface area contributed by atoms with Crippen LogP contribution in [0.15, 0.2) is 6.07 Å². The Morgan fingerprint density at radius 1 is 1.38 bits per heavy atom. The molecule has 2 atom stereocenters. The van der Waals surface area contributed by atoms with E-state index in [1.807, 2.05) is 6.07 Å². The van der Waals surface area contributed by atoms with Crippen molar-refractivity contribution in [3.63, 3.8) is 0 Å². The van der Waals surface area contributed by atoms with Crippen LogP contribution in [0.4, 0.5) is 0 Å². The van der Waals surface area contributed by atoms with Crippen LogP contribution >= 0.6 is 11.3 Å². The number of aliphatic carboxylic acids is 1. The van der Waals surface area contributed by atoms with Gasteiger partial charge >= 0.3 is 5.97 Å². The van der Waals surface area contributed by atoms with E-state index in [9.17, 15) is 14.7 Å². The molecule has 1 fully saturated rings. The van der Waals surface area contributed by atoms with Crippen LogP contribution in [0.25, 0.3) is 0 Å². The first kappa shape index (κ1) is 14.6. The molecule has 0 aliphatic heterocycles. The molecular formula is C16H21NO3S. The summed E-state index contributed by atoms with van der Waals surface area (Å²) in [6, 6.07) is 1.95. The minimum absolute atomic E-state index is 0.217. The van der Waals surface area contributed by atoms with Crippen LogP contribution in [-0.4, -0.2) is 22.5 Å². The van der Waals surface area contributed by atoms with Crippen molar-refractivity contribution < 1.29 is 14.7 Å². The normalized spacial score (nSPS) is 28.1. The van der Waals surface area contributed by atoms with E-state index in [-0.39, 0.29) is 5.91 Å². The molecule has 1 aromatic rings. The molecule has 1 amide bonds. The lowest BCUT2D eigenvalue weighted by atomic mass is 9.76. The van der Waals surface area contributed by atoms with E-state index in [1.54, 1.807) is 0 Å². The molecule has 0 saturated heterocycles. The summed E-state index contributed by atoms with van der Waals surface area (Å²) in [4.78, 5) is 26.1. The predicted molar refractivity (Wildman–Crippen MR) is 81.8 cm³/mol. The maximum absolute atomic E-state index is 12.5. The Kier molecular flexibility index (Phi) is 3.78. The van der Waals surface area contributed by atoms with E-state index < -0.39 is 11.5 Å². The monoisotopic (exact) mass is 307 g/mol. The first-order valence-corrected chi connectivity index (χ1v) is 8.49. The highest BCUT2D eigenvalue weighted by atomic mass is 32.1. The van der Waals surface area contributed by atoms with Gasteiger partial charge in [0, 0.05) is 4.88 Å². The molecule has 21 heavy (non-hydrogen) atoms. The third-order valence-electron chi connectivity index (χ3n) is 4.73. The lowest BCUT2D eigenvalue weighted by Crippen LogP contribution is -2.56. The van der Waals surface area contributed by atoms with Gasteiger partial charge in [-0.05, 0) is 49.7 Å². The molecule has 114 valence electrons. The van der Waals surface area contributed by atoms with Crippen molar-refractivity contribution in [2.45, 2.75) is 57.4 Å². The zero-order valence-corrected chi connectivity index (χ0v) is 13.1. The molecule has 1 saturated carbocycles. The largest absolute Gasteiger partial charge is 0.480 e. The van der Waals surface area contributed by atoms with Gasteiger partial charge < -0.3 is 10.4 Å². The summed E-state index contributed by atoms with van der Waals surface area (Å²) in [5.74, 6) is -0.777. The second-order valence-electron chi connectivity index (χ2n) is 6.46. The standard InChI is InChI=1S/C16H21NO3S/c1-10-4-3-7-16(9-10,15(19)20)17-14(18)13-8-11-5-2-6-12(11)21-13/h8,10H,2-7,9H2,1H3,(H,17,18)(H,19,20). The van der Waals surface area contributed by atoms with Gasteiger partial charge in [0.2, 0.25) is 0 Å². The molecule has 1 aromatic heterocycles. The van der Waals surface area contributed by atoms with Crippen LogP contribution in [0.1, 0.15) is 59.1 Å². The Morgan fingerprint density at radius 3 is 2.86 bits per heavy atom. The first-order chi connectivity index (χ1) is 10.00. The van der Waals surface area contributed by atoms with Gasteiger partial charge in [0.25, 0.3) is 5.91 Å². The van der Waals surface area contributed by atoms with Crippen molar-refractivity contribution in [3.8, 4) is 0 Å². The minimum atomic E-state index is -1.08. The molecular weight excluding hydrogens is 286 g/mol. The molecule has 0 radical (unpaired) electrons. The lowest BCUT2D eigenvalue weighted by molar-refractivity contribution is -0.146. The zero-order chi connectivity index (χ0) is 15.0. The summed E-state index contributed by atoms with van der Waals surface area (Å²) in [5.41, 5.74) is 0.190. The van der Waals surface area contributed by atoms with Crippen LogP contribution < -0.4 is 5.32 Å². The number of carbonyl (C=O) groups is 2. The molecule has 2 aliphatic rings. The molecule has 0 aromatic carbocycles. The maximum Gasteiger partial charge on any atom is 0.329 e. The molecule has 2 aliphatic carbocycles. The Labute approximate surface area is 128 Å². The van der Waals surface area contributed by atoms with E-state index in [0.29, 0.717) is 23.6 Å². The van der Waals surface area contributed by atoms with Gasteiger partial charge in [-0.25, -0.2) is 4.79 Å². The number of rotatable bonds is 3. The Bertz CT molecular complexity index is 559. The number of fused-ring (bicyclic) bond motifs is 1. The molecule has 2 N–H and O–H groups in total. The molecule has 0 bridgehead atoms. The van der Waals surface area contributed by atoms with Crippen molar-refractivity contribution in [2.24, 2.45) is 5.92 Å². The van der Waals surface area contributed by atoms with Crippen LogP contribution in [0.2, 0.25) is 0 Å². The van der Waals surface area contributed by atoms with Crippen LogP contribution in [-0.2, 0) is 17.6 Å². The van der Waals surface area contributed by atoms with E-state index in [2.05, 4.69) is 12.2 Å². The summed E-state index contributed by atoms with van der Waals surface area (Å²) in [5, 5.41) is 12.4.